The third-order valence-corrected chi connectivity index (χ3v) is 11.2. The lowest BCUT2D eigenvalue weighted by Gasteiger charge is -2.38. The van der Waals surface area contributed by atoms with Gasteiger partial charge in [-0.25, -0.2) is 19.2 Å². The van der Waals surface area contributed by atoms with Crippen molar-refractivity contribution in [2.24, 2.45) is 0 Å². The Balaban J connectivity index is 0.000000416. The number of amides is 2. The van der Waals surface area contributed by atoms with E-state index in [-0.39, 0.29) is 30.7 Å². The van der Waals surface area contributed by atoms with E-state index in [0.29, 0.717) is 6.42 Å². The molecule has 3 N–H and O–H groups in total. The predicted octanol–water partition coefficient (Wildman–Crippen LogP) is 3.91. The van der Waals surface area contributed by atoms with Crippen molar-refractivity contribution in [1.29, 1.82) is 0 Å². The maximum absolute atomic E-state index is 12.3. The first kappa shape index (κ1) is 34.6. The lowest BCUT2D eigenvalue weighted by molar-refractivity contribution is -0.142. The molecule has 39 heavy (non-hydrogen) atoms. The Morgan fingerprint density at radius 3 is 1.46 bits per heavy atom. The topological polar surface area (TPSA) is 163 Å². The number of aliphatic carboxylic acids is 2. The molecule has 0 unspecified atom stereocenters. The summed E-state index contributed by atoms with van der Waals surface area (Å²) in [5, 5.41) is 27.7. The van der Waals surface area contributed by atoms with Crippen molar-refractivity contribution in [1.82, 2.24) is 9.80 Å². The lowest BCUT2D eigenvalue weighted by atomic mass is 10.2. The second-order valence-electron chi connectivity index (χ2n) is 13.6. The summed E-state index contributed by atoms with van der Waals surface area (Å²) in [4.78, 5) is 48.6. The number of hydrogen-bond acceptors (Lipinski definition) is 8. The molecule has 2 aliphatic heterocycles. The molecule has 0 aliphatic carbocycles. The Morgan fingerprint density at radius 2 is 1.10 bits per heavy atom. The molecule has 2 heterocycles. The van der Waals surface area contributed by atoms with Gasteiger partial charge in [0.05, 0.1) is 18.8 Å². The third kappa shape index (κ3) is 10.6. The van der Waals surface area contributed by atoms with Crippen LogP contribution in [0.25, 0.3) is 0 Å². The number of ether oxygens (including phenoxy) is 2. The Labute approximate surface area is 232 Å². The van der Waals surface area contributed by atoms with E-state index in [2.05, 4.69) is 33.9 Å². The number of carboxylic acid groups (broad SMARTS) is 2. The summed E-state index contributed by atoms with van der Waals surface area (Å²) in [6.45, 7) is 21.3. The van der Waals surface area contributed by atoms with E-state index in [4.69, 9.17) is 19.0 Å². The van der Waals surface area contributed by atoms with E-state index in [1.54, 1.807) is 41.5 Å². The quantitative estimate of drug-likeness (QED) is 0.418. The van der Waals surface area contributed by atoms with Crippen LogP contribution in [0.4, 0.5) is 9.59 Å². The van der Waals surface area contributed by atoms with Crippen molar-refractivity contribution in [3.05, 3.63) is 0 Å². The molecule has 12 nitrogen and oxygen atoms in total. The van der Waals surface area contributed by atoms with Crippen LogP contribution in [0.5, 0.6) is 0 Å². The molecule has 2 fully saturated rings. The fraction of sp³-hybridized carbons (Fsp3) is 0.846. The Kier molecular flexibility index (Phi) is 11.0. The number of aliphatic hydroxyl groups excluding tert-OH is 1. The van der Waals surface area contributed by atoms with Crippen LogP contribution >= 0.6 is 0 Å². The van der Waals surface area contributed by atoms with Gasteiger partial charge in [-0.3, -0.25) is 9.80 Å². The molecule has 2 saturated heterocycles. The van der Waals surface area contributed by atoms with Gasteiger partial charge in [0.15, 0.2) is 8.32 Å². The van der Waals surface area contributed by atoms with Crippen LogP contribution in [0.1, 0.15) is 75.2 Å². The van der Waals surface area contributed by atoms with Crippen molar-refractivity contribution in [2.75, 3.05) is 13.1 Å². The van der Waals surface area contributed by atoms with Gasteiger partial charge < -0.3 is 29.2 Å². The summed E-state index contributed by atoms with van der Waals surface area (Å²) in [5.41, 5.74) is -1.33. The van der Waals surface area contributed by atoms with Gasteiger partial charge in [-0.05, 0) is 59.7 Å². The Bertz CT molecular complexity index is 904. The highest BCUT2D eigenvalue weighted by atomic mass is 28.4. The Morgan fingerprint density at radius 1 is 0.718 bits per heavy atom. The summed E-state index contributed by atoms with van der Waals surface area (Å²) >= 11 is 0. The minimum Gasteiger partial charge on any atom is -0.480 e. The summed E-state index contributed by atoms with van der Waals surface area (Å²) in [6.07, 6.45) is -1.99. The fourth-order valence-corrected chi connectivity index (χ4v) is 5.16. The molecular weight excluding hydrogens is 528 g/mol. The minimum absolute atomic E-state index is 0.00583. The number of carbonyl (C=O) groups excluding carboxylic acids is 2. The van der Waals surface area contributed by atoms with Crippen LogP contribution in [0.2, 0.25) is 18.1 Å². The van der Waals surface area contributed by atoms with Gasteiger partial charge in [0.2, 0.25) is 0 Å². The molecule has 0 aromatic heterocycles. The molecule has 0 aromatic rings. The largest absolute Gasteiger partial charge is 0.480 e. The minimum atomic E-state index is -2.02. The molecule has 2 amide bonds. The number of carboxylic acids is 2. The molecule has 4 atom stereocenters. The molecule has 226 valence electrons. The monoisotopic (exact) mass is 576 g/mol. The predicted molar refractivity (Wildman–Crippen MR) is 146 cm³/mol. The van der Waals surface area contributed by atoms with E-state index in [9.17, 15) is 29.4 Å². The fourth-order valence-electron chi connectivity index (χ4n) is 3.80. The second kappa shape index (κ2) is 12.4. The van der Waals surface area contributed by atoms with Crippen LogP contribution < -0.4 is 0 Å². The molecule has 2 rings (SSSR count). The average molecular weight is 577 g/mol. The van der Waals surface area contributed by atoms with Crippen LogP contribution in [0, 0.1) is 0 Å². The van der Waals surface area contributed by atoms with E-state index in [0.717, 1.165) is 4.90 Å². The van der Waals surface area contributed by atoms with Gasteiger partial charge in [-0.2, -0.15) is 0 Å². The lowest BCUT2D eigenvalue weighted by Crippen LogP contribution is -2.45. The second-order valence-corrected chi connectivity index (χ2v) is 18.4. The molecule has 0 bridgehead atoms. The van der Waals surface area contributed by atoms with Crippen LogP contribution in [-0.4, -0.2) is 106 Å². The highest BCUT2D eigenvalue weighted by Crippen LogP contribution is 2.39. The van der Waals surface area contributed by atoms with Crippen molar-refractivity contribution < 1.29 is 48.4 Å². The number of β-amino-alcohol motifs (C(OH)–C–C–N with tert-alkyl or cyclic N) is 1. The highest BCUT2D eigenvalue weighted by Gasteiger charge is 2.46. The molecular formula is C26H48N2O10Si. The van der Waals surface area contributed by atoms with Crippen molar-refractivity contribution >= 4 is 32.4 Å². The first-order valence-electron chi connectivity index (χ1n) is 13.2. The van der Waals surface area contributed by atoms with Gasteiger partial charge in [0.1, 0.15) is 23.3 Å². The van der Waals surface area contributed by atoms with Crippen molar-refractivity contribution in [3.63, 3.8) is 0 Å². The normalized spacial score (nSPS) is 24.1. The average Bonchev–Trinajstić information content (AvgIpc) is 3.28. The maximum Gasteiger partial charge on any atom is 0.411 e. The van der Waals surface area contributed by atoms with Gasteiger partial charge in [-0.1, -0.05) is 20.8 Å². The highest BCUT2D eigenvalue weighted by molar-refractivity contribution is 6.74. The zero-order chi connectivity index (χ0) is 30.7. The number of likely N-dealkylation sites (tertiary alicyclic amines) is 2. The molecule has 0 spiro atoms. The number of rotatable bonds is 4. The van der Waals surface area contributed by atoms with Crippen LogP contribution in [-0.2, 0) is 23.5 Å². The van der Waals surface area contributed by atoms with Crippen LogP contribution in [0.3, 0.4) is 0 Å². The SMILES string of the molecule is CC(C)(C)OC(=O)N1C[C@@H](O)C[C@H]1C(=O)O.CC(C)(C)OC(=O)N1C[C@@H](O[Si](C)(C)C(C)(C)C)C[C@H]1C(=O)O. The maximum atomic E-state index is 12.3. The van der Waals surface area contributed by atoms with Crippen molar-refractivity contribution in [2.45, 2.75) is 129 Å². The molecule has 0 saturated carbocycles. The molecule has 0 aromatic carbocycles. The van der Waals surface area contributed by atoms with E-state index >= 15 is 0 Å². The third-order valence-electron chi connectivity index (χ3n) is 6.64. The number of hydrogen-bond donors (Lipinski definition) is 3. The van der Waals surface area contributed by atoms with Crippen LogP contribution in [0.15, 0.2) is 0 Å². The Hall–Kier alpha value is -2.38. The molecule has 0 radical (unpaired) electrons. The number of nitrogens with zero attached hydrogens (tertiary/aromatic N) is 2. The first-order chi connectivity index (χ1) is 17.3. The molecule has 2 aliphatic rings. The summed E-state index contributed by atoms with van der Waals surface area (Å²) < 4.78 is 16.7. The summed E-state index contributed by atoms with van der Waals surface area (Å²) in [6, 6.07) is -1.88. The van der Waals surface area contributed by atoms with Gasteiger partial charge in [-0.15, -0.1) is 0 Å². The zero-order valence-corrected chi connectivity index (χ0v) is 26.2. The van der Waals surface area contributed by atoms with Gasteiger partial charge in [0.25, 0.3) is 0 Å². The van der Waals surface area contributed by atoms with E-state index < -0.39 is 61.8 Å². The summed E-state index contributed by atoms with van der Waals surface area (Å²) in [5.74, 6) is -2.14. The zero-order valence-electron chi connectivity index (χ0n) is 25.2. The van der Waals surface area contributed by atoms with Crippen molar-refractivity contribution in [3.8, 4) is 0 Å². The van der Waals surface area contributed by atoms with Gasteiger partial charge >= 0.3 is 24.1 Å². The first-order valence-corrected chi connectivity index (χ1v) is 16.1. The van der Waals surface area contributed by atoms with E-state index in [1.807, 2.05) is 0 Å². The number of carbonyl (C=O) groups is 4. The summed E-state index contributed by atoms with van der Waals surface area (Å²) in [7, 11) is -2.02. The molecule has 13 heteroatoms. The van der Waals surface area contributed by atoms with E-state index in [1.165, 1.54) is 4.90 Å². The smallest absolute Gasteiger partial charge is 0.411 e. The standard InChI is InChI=1S/C16H31NO5Si.C10H17NO5/c1-15(2,3)21-14(20)17-10-11(9-12(17)13(18)19)22-23(7,8)16(4,5)6;1-10(2,3)16-9(15)11-5-6(12)4-7(11)8(13)14/h11-12H,9-10H2,1-8H3,(H,18,19);6-7,12H,4-5H2,1-3H3,(H,13,14)/t11-,12-;6-,7-/m00/s1. The van der Waals surface area contributed by atoms with Gasteiger partial charge in [0, 0.05) is 19.4 Å². The number of aliphatic hydroxyl groups is 1.